The number of carbonyl (C=O) groups excluding carboxylic acids is 1. The molecule has 0 aliphatic heterocycles. The van der Waals surface area contributed by atoms with E-state index in [1.54, 1.807) is 20.8 Å². The summed E-state index contributed by atoms with van der Waals surface area (Å²) in [5.41, 5.74) is -0.701. The van der Waals surface area contributed by atoms with E-state index in [0.717, 1.165) is 0 Å². The third-order valence-corrected chi connectivity index (χ3v) is 2.16. The molecule has 0 amide bonds. The summed E-state index contributed by atoms with van der Waals surface area (Å²) in [6, 6.07) is 5.58. The molecular formula is C13H13NO4. The van der Waals surface area contributed by atoms with E-state index in [1.807, 2.05) is 6.07 Å². The highest BCUT2D eigenvalue weighted by atomic mass is 16.5. The van der Waals surface area contributed by atoms with Crippen molar-refractivity contribution in [1.82, 2.24) is 0 Å². The predicted octanol–water partition coefficient (Wildman–Crippen LogP) is 2.21. The van der Waals surface area contributed by atoms with Gasteiger partial charge in [-0.2, -0.15) is 5.26 Å². The molecule has 0 unspecified atom stereocenters. The molecule has 0 bridgehead atoms. The summed E-state index contributed by atoms with van der Waals surface area (Å²) < 4.78 is 5.08. The lowest BCUT2D eigenvalue weighted by molar-refractivity contribution is -0.143. The Bertz CT molecular complexity index is 535. The number of ether oxygens (including phenoxy) is 1. The number of carboxylic acids is 1. The molecule has 0 fully saturated rings. The van der Waals surface area contributed by atoms with Crippen molar-refractivity contribution in [1.29, 1.82) is 5.26 Å². The van der Waals surface area contributed by atoms with Crippen LogP contribution in [-0.2, 0) is 4.79 Å². The number of carbonyl (C=O) groups is 2. The fourth-order valence-corrected chi connectivity index (χ4v) is 1.09. The second-order valence-electron chi connectivity index (χ2n) is 4.77. The minimum Gasteiger partial charge on any atom is -0.478 e. The second kappa shape index (κ2) is 4.88. The first-order valence-electron chi connectivity index (χ1n) is 5.25. The summed E-state index contributed by atoms with van der Waals surface area (Å²) >= 11 is 0. The summed E-state index contributed by atoms with van der Waals surface area (Å²) in [5, 5.41) is 17.7. The highest BCUT2D eigenvalue weighted by Crippen LogP contribution is 2.23. The van der Waals surface area contributed by atoms with Gasteiger partial charge in [0.2, 0.25) is 0 Å². The summed E-state index contributed by atoms with van der Waals surface area (Å²) in [7, 11) is 0. The smallest absolute Gasteiger partial charge is 0.335 e. The van der Waals surface area contributed by atoms with Crippen LogP contribution >= 0.6 is 0 Å². The summed E-state index contributed by atoms with van der Waals surface area (Å²) in [6.45, 7) is 5.06. The monoisotopic (exact) mass is 247 g/mol. The maximum absolute atomic E-state index is 11.7. The van der Waals surface area contributed by atoms with Crippen molar-refractivity contribution in [2.45, 2.75) is 20.8 Å². The lowest BCUT2D eigenvalue weighted by atomic mass is 9.97. The minimum absolute atomic E-state index is 0.0208. The van der Waals surface area contributed by atoms with E-state index in [2.05, 4.69) is 0 Å². The maximum atomic E-state index is 11.7. The van der Waals surface area contributed by atoms with E-state index < -0.39 is 17.4 Å². The minimum atomic E-state index is -1.14. The number of nitriles is 1. The molecule has 1 rings (SSSR count). The third kappa shape index (κ3) is 3.08. The number of esters is 1. The topological polar surface area (TPSA) is 87.4 Å². The number of benzene rings is 1. The molecule has 0 saturated carbocycles. The lowest BCUT2D eigenvalue weighted by Crippen LogP contribution is -2.25. The standard InChI is InChI=1S/C13H13NO4/c1-13(2,3)12(17)18-10-5-4-8(11(15)16)6-9(10)7-14/h4-6H,1-3H3,(H,15,16). The molecule has 5 heteroatoms. The molecular weight excluding hydrogens is 234 g/mol. The lowest BCUT2D eigenvalue weighted by Gasteiger charge is -2.16. The number of carboxylic acid groups (broad SMARTS) is 1. The average molecular weight is 247 g/mol. The number of aromatic carboxylic acids is 1. The molecule has 1 aromatic rings. The van der Waals surface area contributed by atoms with Crippen LogP contribution in [0.1, 0.15) is 36.7 Å². The Morgan fingerprint density at radius 3 is 2.39 bits per heavy atom. The van der Waals surface area contributed by atoms with E-state index in [9.17, 15) is 9.59 Å². The van der Waals surface area contributed by atoms with Crippen molar-refractivity contribution in [3.05, 3.63) is 29.3 Å². The van der Waals surface area contributed by atoms with Gasteiger partial charge in [-0.15, -0.1) is 0 Å². The van der Waals surface area contributed by atoms with Gasteiger partial charge >= 0.3 is 11.9 Å². The maximum Gasteiger partial charge on any atom is 0.335 e. The fourth-order valence-electron chi connectivity index (χ4n) is 1.09. The molecule has 5 nitrogen and oxygen atoms in total. The number of rotatable bonds is 2. The van der Waals surface area contributed by atoms with Crippen LogP contribution < -0.4 is 4.74 Å². The largest absolute Gasteiger partial charge is 0.478 e. The van der Waals surface area contributed by atoms with E-state index in [1.165, 1.54) is 18.2 Å². The van der Waals surface area contributed by atoms with E-state index in [0.29, 0.717) is 0 Å². The Labute approximate surface area is 105 Å². The number of nitrogens with zero attached hydrogens (tertiary/aromatic N) is 1. The molecule has 0 aliphatic rings. The first-order valence-corrected chi connectivity index (χ1v) is 5.25. The molecule has 0 radical (unpaired) electrons. The van der Waals surface area contributed by atoms with Crippen LogP contribution in [0.2, 0.25) is 0 Å². The van der Waals surface area contributed by atoms with Crippen LogP contribution in [0.5, 0.6) is 5.75 Å². The summed E-state index contributed by atoms with van der Waals surface area (Å²) in [6.07, 6.45) is 0. The van der Waals surface area contributed by atoms with Gasteiger partial charge in [0.25, 0.3) is 0 Å². The summed E-state index contributed by atoms with van der Waals surface area (Å²) in [4.78, 5) is 22.4. The average Bonchev–Trinajstić information content (AvgIpc) is 2.27. The van der Waals surface area contributed by atoms with Gasteiger partial charge in [0.15, 0.2) is 0 Å². The first kappa shape index (κ1) is 13.7. The van der Waals surface area contributed by atoms with Crippen molar-refractivity contribution in [3.8, 4) is 11.8 Å². The van der Waals surface area contributed by atoms with Crippen LogP contribution in [-0.4, -0.2) is 17.0 Å². The quantitative estimate of drug-likeness (QED) is 0.639. The Balaban J connectivity index is 3.09. The molecule has 0 aromatic heterocycles. The highest BCUT2D eigenvalue weighted by Gasteiger charge is 2.24. The molecule has 94 valence electrons. The molecule has 1 N–H and O–H groups in total. The zero-order chi connectivity index (χ0) is 13.9. The van der Waals surface area contributed by atoms with Gasteiger partial charge in [-0.25, -0.2) is 4.79 Å². The third-order valence-electron chi connectivity index (χ3n) is 2.16. The van der Waals surface area contributed by atoms with E-state index in [4.69, 9.17) is 15.1 Å². The van der Waals surface area contributed by atoms with Crippen molar-refractivity contribution < 1.29 is 19.4 Å². The Hall–Kier alpha value is -2.35. The fraction of sp³-hybridized carbons (Fsp3) is 0.308. The Morgan fingerprint density at radius 1 is 1.33 bits per heavy atom. The van der Waals surface area contributed by atoms with E-state index >= 15 is 0 Å². The van der Waals surface area contributed by atoms with Crippen LogP contribution in [0.15, 0.2) is 18.2 Å². The molecule has 18 heavy (non-hydrogen) atoms. The number of hydrogen-bond acceptors (Lipinski definition) is 4. The predicted molar refractivity (Wildman–Crippen MR) is 63.2 cm³/mol. The molecule has 0 aliphatic carbocycles. The van der Waals surface area contributed by atoms with Gasteiger partial charge in [0.1, 0.15) is 11.8 Å². The Morgan fingerprint density at radius 2 is 1.94 bits per heavy atom. The van der Waals surface area contributed by atoms with Crippen LogP contribution in [0.3, 0.4) is 0 Å². The molecule has 0 saturated heterocycles. The van der Waals surface area contributed by atoms with Crippen molar-refractivity contribution >= 4 is 11.9 Å². The van der Waals surface area contributed by atoms with Crippen LogP contribution in [0, 0.1) is 16.7 Å². The van der Waals surface area contributed by atoms with Crippen molar-refractivity contribution in [2.24, 2.45) is 5.41 Å². The van der Waals surface area contributed by atoms with Gasteiger partial charge in [0.05, 0.1) is 16.5 Å². The van der Waals surface area contributed by atoms with Crippen molar-refractivity contribution in [3.63, 3.8) is 0 Å². The molecule has 0 atom stereocenters. The normalized spacial score (nSPS) is 10.6. The molecule has 1 aromatic carbocycles. The second-order valence-corrected chi connectivity index (χ2v) is 4.77. The van der Waals surface area contributed by atoms with E-state index in [-0.39, 0.29) is 16.9 Å². The zero-order valence-electron chi connectivity index (χ0n) is 10.4. The first-order chi connectivity index (χ1) is 8.25. The van der Waals surface area contributed by atoms with Crippen LogP contribution in [0.4, 0.5) is 0 Å². The highest BCUT2D eigenvalue weighted by molar-refractivity contribution is 5.88. The van der Waals surface area contributed by atoms with Crippen molar-refractivity contribution in [2.75, 3.05) is 0 Å². The molecule has 0 heterocycles. The summed E-state index contributed by atoms with van der Waals surface area (Å²) in [5.74, 6) is -1.55. The van der Waals surface area contributed by atoms with Gasteiger partial charge in [-0.1, -0.05) is 0 Å². The van der Waals surface area contributed by atoms with Gasteiger partial charge in [-0.3, -0.25) is 4.79 Å². The SMILES string of the molecule is CC(C)(C)C(=O)Oc1ccc(C(=O)O)cc1C#N. The van der Waals surface area contributed by atoms with Gasteiger partial charge < -0.3 is 9.84 Å². The van der Waals surface area contributed by atoms with Gasteiger partial charge in [-0.05, 0) is 39.0 Å². The zero-order valence-corrected chi connectivity index (χ0v) is 10.4. The Kier molecular flexibility index (Phi) is 3.72. The molecule has 0 spiro atoms. The number of hydrogen-bond donors (Lipinski definition) is 1. The van der Waals surface area contributed by atoms with Crippen LogP contribution in [0.25, 0.3) is 0 Å². The van der Waals surface area contributed by atoms with Gasteiger partial charge in [0, 0.05) is 0 Å².